The maximum atomic E-state index is 11.7. The van der Waals surface area contributed by atoms with Crippen molar-refractivity contribution in [2.75, 3.05) is 20.7 Å². The largest absolute Gasteiger partial charge is 0.496 e. The molecule has 0 bridgehead atoms. The molecule has 0 amide bonds. The number of guanidine groups is 1. The van der Waals surface area contributed by atoms with Crippen LogP contribution in [0.4, 0.5) is 0 Å². The highest BCUT2D eigenvalue weighted by molar-refractivity contribution is 5.84. The van der Waals surface area contributed by atoms with E-state index in [9.17, 15) is 4.79 Å². The molecule has 6 nitrogen and oxygen atoms in total. The van der Waals surface area contributed by atoms with E-state index in [4.69, 9.17) is 9.47 Å². The number of methoxy groups -OCH3 is 1. The number of benzene rings is 1. The van der Waals surface area contributed by atoms with Gasteiger partial charge in [-0.05, 0) is 26.8 Å². The van der Waals surface area contributed by atoms with Crippen LogP contribution in [-0.4, -0.2) is 38.2 Å². The lowest BCUT2D eigenvalue weighted by Gasteiger charge is -2.20. The molecule has 0 spiro atoms. The quantitative estimate of drug-likeness (QED) is 0.492. The first-order valence-corrected chi connectivity index (χ1v) is 7.14. The first-order valence-electron chi connectivity index (χ1n) is 7.14. The van der Waals surface area contributed by atoms with Gasteiger partial charge in [0.2, 0.25) is 0 Å². The Kier molecular flexibility index (Phi) is 6.69. The van der Waals surface area contributed by atoms with Crippen LogP contribution in [0.15, 0.2) is 29.3 Å². The number of nitrogens with zero attached hydrogens (tertiary/aromatic N) is 1. The van der Waals surface area contributed by atoms with Crippen molar-refractivity contribution in [1.29, 1.82) is 0 Å². The SMILES string of the molecule is CN=C(NCC(=O)OC(C)(C)C)NCc1ccccc1OC. The normalized spacial score (nSPS) is 11.8. The summed E-state index contributed by atoms with van der Waals surface area (Å²) in [6, 6.07) is 7.72. The number of hydrogen-bond donors (Lipinski definition) is 2. The molecule has 0 atom stereocenters. The summed E-state index contributed by atoms with van der Waals surface area (Å²) in [6.07, 6.45) is 0. The van der Waals surface area contributed by atoms with Crippen LogP contribution in [0, 0.1) is 0 Å². The van der Waals surface area contributed by atoms with Crippen LogP contribution in [-0.2, 0) is 16.1 Å². The Morgan fingerprint density at radius 3 is 2.50 bits per heavy atom. The fraction of sp³-hybridized carbons (Fsp3) is 0.500. The lowest BCUT2D eigenvalue weighted by atomic mass is 10.2. The number of aliphatic imine (C=N–C) groups is 1. The van der Waals surface area contributed by atoms with E-state index >= 15 is 0 Å². The summed E-state index contributed by atoms with van der Waals surface area (Å²) in [5.74, 6) is 1.00. The van der Waals surface area contributed by atoms with Crippen LogP contribution in [0.25, 0.3) is 0 Å². The molecule has 1 rings (SSSR count). The van der Waals surface area contributed by atoms with Crippen LogP contribution in [0.2, 0.25) is 0 Å². The lowest BCUT2D eigenvalue weighted by molar-refractivity contribution is -0.153. The zero-order valence-corrected chi connectivity index (χ0v) is 13.9. The van der Waals surface area contributed by atoms with Gasteiger partial charge in [-0.15, -0.1) is 0 Å². The number of hydrogen-bond acceptors (Lipinski definition) is 4. The first-order chi connectivity index (χ1) is 10.4. The minimum atomic E-state index is -0.493. The minimum absolute atomic E-state index is 0.0584. The number of carbonyl (C=O) groups is 1. The van der Waals surface area contributed by atoms with Gasteiger partial charge in [-0.3, -0.25) is 9.79 Å². The molecule has 0 aliphatic heterocycles. The highest BCUT2D eigenvalue weighted by atomic mass is 16.6. The zero-order valence-electron chi connectivity index (χ0n) is 13.9. The molecule has 0 aromatic heterocycles. The highest BCUT2D eigenvalue weighted by Crippen LogP contribution is 2.16. The third-order valence-corrected chi connectivity index (χ3v) is 2.68. The predicted octanol–water partition coefficient (Wildman–Crippen LogP) is 1.70. The van der Waals surface area contributed by atoms with Crippen LogP contribution in [0.5, 0.6) is 5.75 Å². The number of ether oxygens (including phenoxy) is 2. The standard InChI is InChI=1S/C16H25N3O3/c1-16(2,3)22-14(20)11-19-15(17-4)18-10-12-8-6-7-9-13(12)21-5/h6-9H,10-11H2,1-5H3,(H2,17,18,19). The average molecular weight is 307 g/mol. The first kappa shape index (κ1) is 17.8. The fourth-order valence-corrected chi connectivity index (χ4v) is 1.78. The van der Waals surface area contributed by atoms with Crippen molar-refractivity contribution < 1.29 is 14.3 Å². The summed E-state index contributed by atoms with van der Waals surface area (Å²) in [5, 5.41) is 6.05. The van der Waals surface area contributed by atoms with Gasteiger partial charge < -0.3 is 20.1 Å². The van der Waals surface area contributed by atoms with Gasteiger partial charge in [-0.25, -0.2) is 0 Å². The number of esters is 1. The summed E-state index contributed by atoms with van der Waals surface area (Å²) in [4.78, 5) is 15.7. The van der Waals surface area contributed by atoms with E-state index in [2.05, 4.69) is 15.6 Å². The summed E-state index contributed by atoms with van der Waals surface area (Å²) >= 11 is 0. The van der Waals surface area contributed by atoms with Crippen LogP contribution in [0.3, 0.4) is 0 Å². The van der Waals surface area contributed by atoms with Gasteiger partial charge in [0.1, 0.15) is 17.9 Å². The Hall–Kier alpha value is -2.24. The van der Waals surface area contributed by atoms with Gasteiger partial charge in [0.25, 0.3) is 0 Å². The van der Waals surface area contributed by atoms with E-state index in [0.29, 0.717) is 12.5 Å². The number of nitrogens with one attached hydrogen (secondary N) is 2. The van der Waals surface area contributed by atoms with Crippen molar-refractivity contribution >= 4 is 11.9 Å². The Balaban J connectivity index is 2.48. The molecule has 0 unspecified atom stereocenters. The minimum Gasteiger partial charge on any atom is -0.496 e. The van der Waals surface area contributed by atoms with Gasteiger partial charge in [0, 0.05) is 19.2 Å². The van der Waals surface area contributed by atoms with E-state index in [1.165, 1.54) is 0 Å². The van der Waals surface area contributed by atoms with Gasteiger partial charge in [-0.2, -0.15) is 0 Å². The molecule has 0 aliphatic rings. The Labute approximate surface area is 131 Å². The second-order valence-electron chi connectivity index (χ2n) is 5.68. The average Bonchev–Trinajstić information content (AvgIpc) is 2.46. The van der Waals surface area contributed by atoms with Crippen molar-refractivity contribution in [3.63, 3.8) is 0 Å². The second kappa shape index (κ2) is 8.26. The third-order valence-electron chi connectivity index (χ3n) is 2.68. The van der Waals surface area contributed by atoms with Crippen molar-refractivity contribution in [2.24, 2.45) is 4.99 Å². The molecule has 6 heteroatoms. The van der Waals surface area contributed by atoms with Gasteiger partial charge in [0.05, 0.1) is 7.11 Å². The maximum Gasteiger partial charge on any atom is 0.325 e. The van der Waals surface area contributed by atoms with Gasteiger partial charge in [0.15, 0.2) is 5.96 Å². The summed E-state index contributed by atoms with van der Waals surface area (Å²) in [6.45, 7) is 6.10. The summed E-state index contributed by atoms with van der Waals surface area (Å²) in [5.41, 5.74) is 0.512. The molecule has 1 aromatic rings. The molecule has 0 aliphatic carbocycles. The summed E-state index contributed by atoms with van der Waals surface area (Å²) < 4.78 is 10.5. The second-order valence-corrected chi connectivity index (χ2v) is 5.68. The molecule has 2 N–H and O–H groups in total. The van der Waals surface area contributed by atoms with Crippen molar-refractivity contribution in [3.05, 3.63) is 29.8 Å². The van der Waals surface area contributed by atoms with Gasteiger partial charge >= 0.3 is 5.97 Å². The molecular formula is C16H25N3O3. The topological polar surface area (TPSA) is 72.0 Å². The van der Waals surface area contributed by atoms with Crippen molar-refractivity contribution in [1.82, 2.24) is 10.6 Å². The van der Waals surface area contributed by atoms with Crippen molar-refractivity contribution in [2.45, 2.75) is 32.9 Å². The maximum absolute atomic E-state index is 11.7. The summed E-state index contributed by atoms with van der Waals surface area (Å²) in [7, 11) is 3.28. The molecule has 0 saturated heterocycles. The lowest BCUT2D eigenvalue weighted by Crippen LogP contribution is -2.41. The molecular weight excluding hydrogens is 282 g/mol. The molecule has 1 aromatic carbocycles. The third kappa shape index (κ3) is 6.47. The zero-order chi connectivity index (χ0) is 16.6. The Morgan fingerprint density at radius 2 is 1.91 bits per heavy atom. The van der Waals surface area contributed by atoms with E-state index in [1.54, 1.807) is 14.2 Å². The van der Waals surface area contributed by atoms with Crippen LogP contribution in [0.1, 0.15) is 26.3 Å². The van der Waals surface area contributed by atoms with E-state index in [0.717, 1.165) is 11.3 Å². The van der Waals surface area contributed by atoms with E-state index in [-0.39, 0.29) is 12.5 Å². The Morgan fingerprint density at radius 1 is 1.23 bits per heavy atom. The predicted molar refractivity (Wildman–Crippen MR) is 87.0 cm³/mol. The monoisotopic (exact) mass is 307 g/mol. The number of carbonyl (C=O) groups excluding carboxylic acids is 1. The van der Waals surface area contributed by atoms with Crippen molar-refractivity contribution in [3.8, 4) is 5.75 Å². The van der Waals surface area contributed by atoms with Crippen LogP contribution >= 0.6 is 0 Å². The molecule has 0 saturated carbocycles. The van der Waals surface area contributed by atoms with Crippen LogP contribution < -0.4 is 15.4 Å². The molecule has 0 heterocycles. The fourth-order valence-electron chi connectivity index (χ4n) is 1.78. The van der Waals surface area contributed by atoms with Gasteiger partial charge in [-0.1, -0.05) is 18.2 Å². The smallest absolute Gasteiger partial charge is 0.325 e. The number of rotatable bonds is 5. The van der Waals surface area contributed by atoms with E-state index in [1.807, 2.05) is 45.0 Å². The highest BCUT2D eigenvalue weighted by Gasteiger charge is 2.16. The molecule has 122 valence electrons. The molecule has 0 fully saturated rings. The number of para-hydroxylation sites is 1. The Bertz CT molecular complexity index is 522. The molecule has 0 radical (unpaired) electrons. The molecule has 22 heavy (non-hydrogen) atoms. The van der Waals surface area contributed by atoms with E-state index < -0.39 is 5.60 Å².